The van der Waals surface area contributed by atoms with E-state index in [1.807, 2.05) is 47.1 Å². The number of hydrogen-bond donors (Lipinski definition) is 2. The zero-order chi connectivity index (χ0) is 27.3. The Bertz CT molecular complexity index is 1500. The number of aromatic nitrogens is 4. The second kappa shape index (κ2) is 11.9. The van der Waals surface area contributed by atoms with Gasteiger partial charge in [0.15, 0.2) is 0 Å². The number of fused-ring (bicyclic) bond motifs is 1. The Morgan fingerprint density at radius 2 is 1.90 bits per heavy atom. The van der Waals surface area contributed by atoms with Crippen LogP contribution in [0, 0.1) is 5.92 Å². The lowest BCUT2D eigenvalue weighted by molar-refractivity contribution is 0.136. The van der Waals surface area contributed by atoms with Crippen molar-refractivity contribution >= 4 is 23.3 Å². The number of hydrogen-bond acceptors (Lipinski definition) is 8. The number of nitrogens with zero attached hydrogens (tertiary/aromatic N) is 6. The SMILES string of the molecule is CN=CC(=CN)c1ccc(CNc2cc(-c3cnc4cc(OCC5CCN(C6CC6)CC5)ccn34)ncn2)cc1. The molecule has 0 amide bonds. The van der Waals surface area contributed by atoms with Crippen LogP contribution in [-0.4, -0.2) is 63.3 Å². The Hall–Kier alpha value is -4.24. The fourth-order valence-corrected chi connectivity index (χ4v) is 5.33. The number of aliphatic imine (C=N–C) groups is 1. The van der Waals surface area contributed by atoms with Crippen LogP contribution in [-0.2, 0) is 6.54 Å². The summed E-state index contributed by atoms with van der Waals surface area (Å²) in [5.41, 5.74) is 11.3. The van der Waals surface area contributed by atoms with Gasteiger partial charge in [-0.25, -0.2) is 15.0 Å². The van der Waals surface area contributed by atoms with E-state index in [4.69, 9.17) is 10.5 Å². The summed E-state index contributed by atoms with van der Waals surface area (Å²) in [7, 11) is 1.73. The summed E-state index contributed by atoms with van der Waals surface area (Å²) in [4.78, 5) is 20.3. The normalized spacial score (nSPS) is 17.1. The summed E-state index contributed by atoms with van der Waals surface area (Å²) >= 11 is 0. The number of anilines is 1. The summed E-state index contributed by atoms with van der Waals surface area (Å²) in [6, 6.07) is 15.0. The molecule has 0 bridgehead atoms. The first-order chi connectivity index (χ1) is 19.7. The highest BCUT2D eigenvalue weighted by Gasteiger charge is 2.31. The van der Waals surface area contributed by atoms with E-state index in [0.29, 0.717) is 12.5 Å². The van der Waals surface area contributed by atoms with Gasteiger partial charge in [-0.15, -0.1) is 0 Å². The molecule has 4 aromatic rings. The summed E-state index contributed by atoms with van der Waals surface area (Å²) in [6.07, 6.45) is 14.0. The molecule has 0 radical (unpaired) electrons. The zero-order valence-corrected chi connectivity index (χ0v) is 22.9. The zero-order valence-electron chi connectivity index (χ0n) is 22.9. The quantitative estimate of drug-likeness (QED) is 0.284. The molecular formula is C31H36N8O. The van der Waals surface area contributed by atoms with Gasteiger partial charge in [0.2, 0.25) is 0 Å². The van der Waals surface area contributed by atoms with Gasteiger partial charge in [0, 0.05) is 56.0 Å². The smallest absolute Gasteiger partial charge is 0.140 e. The molecule has 9 heteroatoms. The minimum atomic E-state index is 0.627. The molecule has 2 aliphatic rings. The topological polar surface area (TPSA) is 106 Å². The molecule has 4 heterocycles. The number of benzene rings is 1. The number of pyridine rings is 1. The van der Waals surface area contributed by atoms with Gasteiger partial charge in [-0.1, -0.05) is 24.3 Å². The van der Waals surface area contributed by atoms with E-state index in [9.17, 15) is 0 Å². The van der Waals surface area contributed by atoms with Gasteiger partial charge in [0.1, 0.15) is 23.5 Å². The number of imidazole rings is 1. The molecule has 2 fully saturated rings. The second-order valence-corrected chi connectivity index (χ2v) is 10.6. The van der Waals surface area contributed by atoms with Gasteiger partial charge in [-0.3, -0.25) is 9.39 Å². The van der Waals surface area contributed by atoms with Gasteiger partial charge in [-0.05, 0) is 61.9 Å². The van der Waals surface area contributed by atoms with Crippen LogP contribution in [0.2, 0.25) is 0 Å². The molecule has 3 N–H and O–H groups in total. The van der Waals surface area contributed by atoms with Crippen LogP contribution in [0.4, 0.5) is 5.82 Å². The number of nitrogens with one attached hydrogen (secondary N) is 1. The van der Waals surface area contributed by atoms with Crippen molar-refractivity contribution in [1.82, 2.24) is 24.3 Å². The van der Waals surface area contributed by atoms with Gasteiger partial charge in [-0.2, -0.15) is 0 Å². The van der Waals surface area contributed by atoms with Crippen molar-refractivity contribution in [3.63, 3.8) is 0 Å². The third-order valence-electron chi connectivity index (χ3n) is 7.82. The van der Waals surface area contributed by atoms with Crippen molar-refractivity contribution in [2.75, 3.05) is 32.1 Å². The maximum atomic E-state index is 6.19. The molecule has 40 heavy (non-hydrogen) atoms. The highest BCUT2D eigenvalue weighted by Crippen LogP contribution is 2.31. The highest BCUT2D eigenvalue weighted by molar-refractivity contribution is 6.09. The van der Waals surface area contributed by atoms with E-state index in [2.05, 4.69) is 42.3 Å². The Morgan fingerprint density at radius 3 is 2.65 bits per heavy atom. The van der Waals surface area contributed by atoms with E-state index >= 15 is 0 Å². The largest absolute Gasteiger partial charge is 0.493 e. The molecule has 0 unspecified atom stereocenters. The molecule has 3 aromatic heterocycles. The maximum Gasteiger partial charge on any atom is 0.140 e. The lowest BCUT2D eigenvalue weighted by Crippen LogP contribution is -2.36. The van der Waals surface area contributed by atoms with Crippen LogP contribution in [0.25, 0.3) is 22.6 Å². The first kappa shape index (κ1) is 26.0. The fourth-order valence-electron chi connectivity index (χ4n) is 5.33. The number of ether oxygens (including phenoxy) is 1. The van der Waals surface area contributed by atoms with Gasteiger partial charge in [0.05, 0.1) is 24.2 Å². The minimum absolute atomic E-state index is 0.627. The maximum absolute atomic E-state index is 6.19. The van der Waals surface area contributed by atoms with Crippen LogP contribution >= 0.6 is 0 Å². The molecule has 1 aliphatic carbocycles. The molecule has 6 rings (SSSR count). The molecule has 1 saturated heterocycles. The van der Waals surface area contributed by atoms with Crippen LogP contribution in [0.1, 0.15) is 36.8 Å². The molecule has 1 aromatic carbocycles. The van der Waals surface area contributed by atoms with E-state index in [1.54, 1.807) is 25.8 Å². The summed E-state index contributed by atoms with van der Waals surface area (Å²) < 4.78 is 8.22. The van der Waals surface area contributed by atoms with Crippen molar-refractivity contribution in [1.29, 1.82) is 0 Å². The van der Waals surface area contributed by atoms with Crippen LogP contribution in [0.5, 0.6) is 5.75 Å². The van der Waals surface area contributed by atoms with Gasteiger partial charge >= 0.3 is 0 Å². The fraction of sp³-hybridized carbons (Fsp3) is 0.355. The molecule has 1 saturated carbocycles. The molecule has 0 spiro atoms. The van der Waals surface area contributed by atoms with E-state index in [1.165, 1.54) is 38.8 Å². The van der Waals surface area contributed by atoms with Crippen molar-refractivity contribution in [3.8, 4) is 17.1 Å². The number of rotatable bonds is 10. The molecule has 206 valence electrons. The average Bonchev–Trinajstić information content (AvgIpc) is 3.77. The number of nitrogens with two attached hydrogens (primary N) is 1. The van der Waals surface area contributed by atoms with Crippen molar-refractivity contribution in [2.24, 2.45) is 16.6 Å². The number of piperidine rings is 1. The Balaban J connectivity index is 1.07. The van der Waals surface area contributed by atoms with Crippen LogP contribution in [0.3, 0.4) is 0 Å². The van der Waals surface area contributed by atoms with Crippen molar-refractivity contribution in [3.05, 3.63) is 78.5 Å². The third-order valence-corrected chi connectivity index (χ3v) is 7.82. The second-order valence-electron chi connectivity index (χ2n) is 10.6. The van der Waals surface area contributed by atoms with Gasteiger partial charge in [0.25, 0.3) is 0 Å². The molecule has 0 atom stereocenters. The summed E-state index contributed by atoms with van der Waals surface area (Å²) in [5.74, 6) is 2.24. The first-order valence-electron chi connectivity index (χ1n) is 14.0. The predicted molar refractivity (Wildman–Crippen MR) is 159 cm³/mol. The third kappa shape index (κ3) is 5.99. The van der Waals surface area contributed by atoms with Crippen molar-refractivity contribution < 1.29 is 4.74 Å². The predicted octanol–water partition coefficient (Wildman–Crippen LogP) is 4.66. The number of likely N-dealkylation sites (tertiary alicyclic amines) is 1. The highest BCUT2D eigenvalue weighted by atomic mass is 16.5. The average molecular weight is 537 g/mol. The van der Waals surface area contributed by atoms with Gasteiger partial charge < -0.3 is 20.7 Å². The van der Waals surface area contributed by atoms with E-state index in [-0.39, 0.29) is 0 Å². The Labute approximate surface area is 234 Å². The molecular weight excluding hydrogens is 500 g/mol. The minimum Gasteiger partial charge on any atom is -0.493 e. The Kier molecular flexibility index (Phi) is 7.72. The number of allylic oxidation sites excluding steroid dienone is 1. The molecule has 9 nitrogen and oxygen atoms in total. The summed E-state index contributed by atoms with van der Waals surface area (Å²) in [5, 5.41) is 3.40. The monoisotopic (exact) mass is 536 g/mol. The van der Waals surface area contributed by atoms with E-state index in [0.717, 1.165) is 58.0 Å². The Morgan fingerprint density at radius 1 is 1.07 bits per heavy atom. The lowest BCUT2D eigenvalue weighted by atomic mass is 9.98. The lowest BCUT2D eigenvalue weighted by Gasteiger charge is -2.31. The van der Waals surface area contributed by atoms with Crippen molar-refractivity contribution in [2.45, 2.75) is 38.3 Å². The van der Waals surface area contributed by atoms with Crippen LogP contribution in [0.15, 0.2) is 72.4 Å². The summed E-state index contributed by atoms with van der Waals surface area (Å²) in [6.45, 7) is 3.83. The first-order valence-corrected chi connectivity index (χ1v) is 14.0. The standard InChI is InChI=1S/C31H36N8O/c1-33-18-25(16-32)24-4-2-22(3-5-24)17-34-30-15-28(36-21-37-30)29-19-35-31-14-27(10-13-39(29)31)40-20-23-8-11-38(12-9-23)26-6-7-26/h2-5,10,13-16,18-19,21,23,26H,6-9,11-12,17,20,32H2,1H3,(H,34,36,37). The van der Waals surface area contributed by atoms with Crippen LogP contribution < -0.4 is 15.8 Å². The molecule has 1 aliphatic heterocycles. The van der Waals surface area contributed by atoms with E-state index < -0.39 is 0 Å².